The summed E-state index contributed by atoms with van der Waals surface area (Å²) >= 11 is 0. The molecule has 1 aromatic rings. The molecule has 5 nitrogen and oxygen atoms in total. The molecule has 5 heteroatoms. The SMILES string of the molecule is CCCNc1cnc(C(=O)NC(C)(CC)CC)cn1. The summed E-state index contributed by atoms with van der Waals surface area (Å²) in [6.45, 7) is 9.10. The predicted molar refractivity (Wildman–Crippen MR) is 77.3 cm³/mol. The monoisotopic (exact) mass is 264 g/mol. The molecular formula is C14H24N4O. The van der Waals surface area contributed by atoms with Gasteiger partial charge < -0.3 is 10.6 Å². The van der Waals surface area contributed by atoms with Gasteiger partial charge in [-0.15, -0.1) is 0 Å². The van der Waals surface area contributed by atoms with Crippen molar-refractivity contribution < 1.29 is 4.79 Å². The molecule has 0 saturated carbocycles. The summed E-state index contributed by atoms with van der Waals surface area (Å²) in [4.78, 5) is 20.4. The fraction of sp³-hybridized carbons (Fsp3) is 0.643. The zero-order chi connectivity index (χ0) is 14.3. The van der Waals surface area contributed by atoms with Gasteiger partial charge in [0.1, 0.15) is 11.5 Å². The fourth-order valence-electron chi connectivity index (χ4n) is 1.55. The zero-order valence-electron chi connectivity index (χ0n) is 12.3. The van der Waals surface area contributed by atoms with Gasteiger partial charge in [-0.2, -0.15) is 0 Å². The zero-order valence-corrected chi connectivity index (χ0v) is 12.3. The molecule has 0 bridgehead atoms. The Labute approximate surface area is 115 Å². The van der Waals surface area contributed by atoms with Crippen LogP contribution >= 0.6 is 0 Å². The van der Waals surface area contributed by atoms with E-state index in [2.05, 4.69) is 41.4 Å². The second-order valence-electron chi connectivity index (χ2n) is 4.94. The normalized spacial score (nSPS) is 11.2. The molecule has 0 saturated heterocycles. The van der Waals surface area contributed by atoms with Crippen molar-refractivity contribution >= 4 is 11.7 Å². The third-order valence-corrected chi connectivity index (χ3v) is 3.42. The summed E-state index contributed by atoms with van der Waals surface area (Å²) in [6.07, 6.45) is 5.91. The standard InChI is InChI=1S/C14H24N4O/c1-5-8-15-12-10-16-11(9-17-12)13(19)18-14(4,6-2)7-3/h9-10H,5-8H2,1-4H3,(H,15,17)(H,18,19). The van der Waals surface area contributed by atoms with Crippen molar-refractivity contribution in [1.82, 2.24) is 15.3 Å². The molecule has 0 aliphatic heterocycles. The number of nitrogens with zero attached hydrogens (tertiary/aromatic N) is 2. The van der Waals surface area contributed by atoms with Gasteiger partial charge in [0.05, 0.1) is 12.4 Å². The van der Waals surface area contributed by atoms with Crippen molar-refractivity contribution in [2.75, 3.05) is 11.9 Å². The highest BCUT2D eigenvalue weighted by Gasteiger charge is 2.23. The van der Waals surface area contributed by atoms with Crippen molar-refractivity contribution in [2.24, 2.45) is 0 Å². The molecule has 1 amide bonds. The number of carbonyl (C=O) groups excluding carboxylic acids is 1. The van der Waals surface area contributed by atoms with E-state index in [1.807, 2.05) is 6.92 Å². The molecule has 0 atom stereocenters. The number of hydrogen-bond donors (Lipinski definition) is 2. The van der Waals surface area contributed by atoms with Crippen LogP contribution in [0.2, 0.25) is 0 Å². The largest absolute Gasteiger partial charge is 0.369 e. The highest BCUT2D eigenvalue weighted by molar-refractivity contribution is 5.92. The Morgan fingerprint density at radius 1 is 1.21 bits per heavy atom. The van der Waals surface area contributed by atoms with Crippen LogP contribution in [0.25, 0.3) is 0 Å². The maximum Gasteiger partial charge on any atom is 0.271 e. The maximum atomic E-state index is 12.1. The first kappa shape index (κ1) is 15.4. The smallest absolute Gasteiger partial charge is 0.271 e. The highest BCUT2D eigenvalue weighted by Crippen LogP contribution is 2.14. The van der Waals surface area contributed by atoms with Gasteiger partial charge in [0, 0.05) is 12.1 Å². The lowest BCUT2D eigenvalue weighted by atomic mass is 9.95. The first-order valence-electron chi connectivity index (χ1n) is 6.93. The fourth-order valence-corrected chi connectivity index (χ4v) is 1.55. The summed E-state index contributed by atoms with van der Waals surface area (Å²) in [7, 11) is 0. The summed E-state index contributed by atoms with van der Waals surface area (Å²) in [5, 5.41) is 6.14. The summed E-state index contributed by atoms with van der Waals surface area (Å²) in [6, 6.07) is 0. The Hall–Kier alpha value is -1.65. The lowest BCUT2D eigenvalue weighted by Crippen LogP contribution is -2.45. The van der Waals surface area contributed by atoms with E-state index < -0.39 is 0 Å². The number of carbonyl (C=O) groups is 1. The number of hydrogen-bond acceptors (Lipinski definition) is 4. The average molecular weight is 264 g/mol. The van der Waals surface area contributed by atoms with Crippen molar-refractivity contribution in [3.8, 4) is 0 Å². The van der Waals surface area contributed by atoms with Gasteiger partial charge in [-0.05, 0) is 26.2 Å². The molecule has 19 heavy (non-hydrogen) atoms. The van der Waals surface area contributed by atoms with Crippen LogP contribution in [0.5, 0.6) is 0 Å². The number of amides is 1. The van der Waals surface area contributed by atoms with E-state index in [-0.39, 0.29) is 11.4 Å². The summed E-state index contributed by atoms with van der Waals surface area (Å²) in [5.41, 5.74) is 0.174. The van der Waals surface area contributed by atoms with Gasteiger partial charge in [0.25, 0.3) is 5.91 Å². The van der Waals surface area contributed by atoms with Gasteiger partial charge in [-0.1, -0.05) is 20.8 Å². The van der Waals surface area contributed by atoms with E-state index in [9.17, 15) is 4.79 Å². The van der Waals surface area contributed by atoms with Gasteiger partial charge in [-0.25, -0.2) is 9.97 Å². The number of anilines is 1. The van der Waals surface area contributed by atoms with E-state index in [1.54, 1.807) is 6.20 Å². The third kappa shape index (κ3) is 4.50. The van der Waals surface area contributed by atoms with Crippen molar-refractivity contribution in [3.05, 3.63) is 18.1 Å². The van der Waals surface area contributed by atoms with E-state index in [1.165, 1.54) is 6.20 Å². The first-order chi connectivity index (χ1) is 9.04. The number of aromatic nitrogens is 2. The van der Waals surface area contributed by atoms with Crippen LogP contribution in [-0.4, -0.2) is 28.0 Å². The second-order valence-corrected chi connectivity index (χ2v) is 4.94. The Morgan fingerprint density at radius 2 is 1.89 bits per heavy atom. The van der Waals surface area contributed by atoms with Gasteiger partial charge in [0.2, 0.25) is 0 Å². The van der Waals surface area contributed by atoms with E-state index in [0.29, 0.717) is 11.5 Å². The first-order valence-corrected chi connectivity index (χ1v) is 6.93. The Balaban J connectivity index is 2.67. The topological polar surface area (TPSA) is 66.9 Å². The van der Waals surface area contributed by atoms with Gasteiger partial charge in [-0.3, -0.25) is 4.79 Å². The molecule has 1 heterocycles. The van der Waals surface area contributed by atoms with Crippen LogP contribution in [0.1, 0.15) is 57.4 Å². The molecule has 0 unspecified atom stereocenters. The molecule has 2 N–H and O–H groups in total. The van der Waals surface area contributed by atoms with Crippen LogP contribution < -0.4 is 10.6 Å². The van der Waals surface area contributed by atoms with Crippen molar-refractivity contribution in [3.63, 3.8) is 0 Å². The van der Waals surface area contributed by atoms with Crippen LogP contribution in [-0.2, 0) is 0 Å². The number of nitrogens with one attached hydrogen (secondary N) is 2. The van der Waals surface area contributed by atoms with Crippen LogP contribution in [0.15, 0.2) is 12.4 Å². The molecule has 1 aromatic heterocycles. The lowest BCUT2D eigenvalue weighted by Gasteiger charge is -2.27. The van der Waals surface area contributed by atoms with Crippen molar-refractivity contribution in [1.29, 1.82) is 0 Å². The van der Waals surface area contributed by atoms with Crippen molar-refractivity contribution in [2.45, 2.75) is 52.5 Å². The molecule has 1 rings (SSSR count). The summed E-state index contributed by atoms with van der Waals surface area (Å²) in [5.74, 6) is 0.535. The molecule has 0 spiro atoms. The highest BCUT2D eigenvalue weighted by atomic mass is 16.2. The molecule has 0 aliphatic rings. The van der Waals surface area contributed by atoms with E-state index >= 15 is 0 Å². The Kier molecular flexibility index (Phi) is 5.73. The molecule has 0 radical (unpaired) electrons. The van der Waals surface area contributed by atoms with Crippen LogP contribution in [0.3, 0.4) is 0 Å². The summed E-state index contributed by atoms with van der Waals surface area (Å²) < 4.78 is 0. The Morgan fingerprint density at radius 3 is 2.37 bits per heavy atom. The molecular weight excluding hydrogens is 240 g/mol. The molecule has 0 aliphatic carbocycles. The average Bonchev–Trinajstić information content (AvgIpc) is 2.45. The van der Waals surface area contributed by atoms with Crippen LogP contribution in [0, 0.1) is 0 Å². The lowest BCUT2D eigenvalue weighted by molar-refractivity contribution is 0.0895. The van der Waals surface area contributed by atoms with Crippen LogP contribution in [0.4, 0.5) is 5.82 Å². The van der Waals surface area contributed by atoms with Gasteiger partial charge >= 0.3 is 0 Å². The molecule has 0 aromatic carbocycles. The van der Waals surface area contributed by atoms with E-state index in [4.69, 9.17) is 0 Å². The predicted octanol–water partition coefficient (Wildman–Crippen LogP) is 2.61. The number of rotatable bonds is 7. The minimum Gasteiger partial charge on any atom is -0.369 e. The third-order valence-electron chi connectivity index (χ3n) is 3.42. The second kappa shape index (κ2) is 7.07. The minimum absolute atomic E-state index is 0.166. The maximum absolute atomic E-state index is 12.1. The minimum atomic E-state index is -0.183. The molecule has 0 fully saturated rings. The quantitative estimate of drug-likeness (QED) is 0.794. The van der Waals surface area contributed by atoms with E-state index in [0.717, 1.165) is 25.8 Å². The molecule has 106 valence electrons. The Bertz CT molecular complexity index is 398. The van der Waals surface area contributed by atoms with Gasteiger partial charge in [0.15, 0.2) is 0 Å².